The highest BCUT2D eigenvalue weighted by atomic mass is 35.5. The summed E-state index contributed by atoms with van der Waals surface area (Å²) in [6.45, 7) is 2.36. The Balaban J connectivity index is 1.59. The Labute approximate surface area is 166 Å². The molecule has 8 heteroatoms. The quantitative estimate of drug-likeness (QED) is 0.780. The number of hydrogen-bond acceptors (Lipinski definition) is 3. The summed E-state index contributed by atoms with van der Waals surface area (Å²) in [4.78, 5) is 39.6. The summed E-state index contributed by atoms with van der Waals surface area (Å²) < 4.78 is 13.0. The molecule has 0 aromatic heterocycles. The van der Waals surface area contributed by atoms with Crippen LogP contribution in [0.25, 0.3) is 0 Å². The summed E-state index contributed by atoms with van der Waals surface area (Å²) in [7, 11) is 0. The van der Waals surface area contributed by atoms with Crippen LogP contribution in [-0.2, 0) is 20.9 Å². The molecule has 146 valence electrons. The van der Waals surface area contributed by atoms with Crippen molar-refractivity contribution in [2.45, 2.75) is 13.5 Å². The molecule has 1 saturated heterocycles. The highest BCUT2D eigenvalue weighted by Gasteiger charge is 2.33. The van der Waals surface area contributed by atoms with Gasteiger partial charge in [-0.3, -0.25) is 14.4 Å². The van der Waals surface area contributed by atoms with Crippen LogP contribution in [-0.4, -0.2) is 47.2 Å². The molecule has 0 spiro atoms. The zero-order valence-corrected chi connectivity index (χ0v) is 16.0. The van der Waals surface area contributed by atoms with Gasteiger partial charge in [0.25, 0.3) is 0 Å². The number of aryl methyl sites for hydroxylation is 1. The van der Waals surface area contributed by atoms with Gasteiger partial charge in [-0.05, 0) is 42.3 Å². The first-order chi connectivity index (χ1) is 13.3. The smallest absolute Gasteiger partial charge is 0.312 e. The predicted molar refractivity (Wildman–Crippen MR) is 103 cm³/mol. The van der Waals surface area contributed by atoms with Crippen LogP contribution in [0, 0.1) is 12.7 Å². The molecule has 0 aliphatic carbocycles. The number of rotatable bonds is 5. The molecule has 1 heterocycles. The van der Waals surface area contributed by atoms with Gasteiger partial charge in [-0.25, -0.2) is 4.39 Å². The fourth-order valence-corrected chi connectivity index (χ4v) is 3.09. The van der Waals surface area contributed by atoms with E-state index in [9.17, 15) is 18.8 Å². The molecule has 1 fully saturated rings. The van der Waals surface area contributed by atoms with E-state index in [0.717, 1.165) is 11.1 Å². The molecule has 2 aromatic rings. The largest absolute Gasteiger partial charge is 0.328 e. The van der Waals surface area contributed by atoms with E-state index in [2.05, 4.69) is 5.32 Å². The Kier molecular flexibility index (Phi) is 5.94. The van der Waals surface area contributed by atoms with Gasteiger partial charge in [0, 0.05) is 30.3 Å². The van der Waals surface area contributed by atoms with Crippen LogP contribution in [0.3, 0.4) is 0 Å². The predicted octanol–water partition coefficient (Wildman–Crippen LogP) is 2.60. The van der Waals surface area contributed by atoms with Gasteiger partial charge in [-0.1, -0.05) is 29.8 Å². The number of hydrogen-bond donors (Lipinski definition) is 1. The number of anilines is 1. The number of piperazine rings is 1. The molecule has 0 unspecified atom stereocenters. The standard InChI is InChI=1S/C20H19ClFN3O3/c1-13-2-5-15(21)10-17(13)23-18(26)12-25-9-8-24(19(27)20(25)28)11-14-3-6-16(22)7-4-14/h2-7,10H,8-9,11-12H2,1H3,(H,23,26). The number of carbonyl (C=O) groups excluding carboxylic acids is 3. The molecule has 0 atom stereocenters. The lowest BCUT2D eigenvalue weighted by Crippen LogP contribution is -2.55. The summed E-state index contributed by atoms with van der Waals surface area (Å²) in [6, 6.07) is 10.9. The first-order valence-corrected chi connectivity index (χ1v) is 9.10. The minimum absolute atomic E-state index is 0.215. The van der Waals surface area contributed by atoms with Crippen LogP contribution in [0.1, 0.15) is 11.1 Å². The van der Waals surface area contributed by atoms with Crippen molar-refractivity contribution < 1.29 is 18.8 Å². The average molecular weight is 404 g/mol. The molecule has 3 amide bonds. The molecule has 28 heavy (non-hydrogen) atoms. The summed E-state index contributed by atoms with van der Waals surface area (Å²) in [5.41, 5.74) is 2.13. The van der Waals surface area contributed by atoms with Crippen molar-refractivity contribution in [1.29, 1.82) is 0 Å². The monoisotopic (exact) mass is 403 g/mol. The zero-order valence-electron chi connectivity index (χ0n) is 15.2. The molecule has 0 bridgehead atoms. The van der Waals surface area contributed by atoms with Crippen LogP contribution in [0.2, 0.25) is 5.02 Å². The summed E-state index contributed by atoms with van der Waals surface area (Å²) in [5.74, 6) is -2.18. The Morgan fingerprint density at radius 2 is 1.71 bits per heavy atom. The van der Waals surface area contributed by atoms with Gasteiger partial charge in [0.1, 0.15) is 12.4 Å². The minimum Gasteiger partial charge on any atom is -0.328 e. The van der Waals surface area contributed by atoms with Crippen LogP contribution in [0.15, 0.2) is 42.5 Å². The van der Waals surface area contributed by atoms with Gasteiger partial charge >= 0.3 is 11.8 Å². The van der Waals surface area contributed by atoms with Crippen molar-refractivity contribution in [3.63, 3.8) is 0 Å². The highest BCUT2D eigenvalue weighted by molar-refractivity contribution is 6.35. The maximum atomic E-state index is 13.0. The fourth-order valence-electron chi connectivity index (χ4n) is 2.92. The normalized spacial score (nSPS) is 14.4. The first kappa shape index (κ1) is 19.8. The molecule has 0 radical (unpaired) electrons. The maximum absolute atomic E-state index is 13.0. The van der Waals surface area contributed by atoms with Gasteiger partial charge < -0.3 is 15.1 Å². The Morgan fingerprint density at radius 3 is 2.43 bits per heavy atom. The molecule has 6 nitrogen and oxygen atoms in total. The van der Waals surface area contributed by atoms with E-state index < -0.39 is 17.7 Å². The molecule has 3 rings (SSSR count). The Hall–Kier alpha value is -2.93. The molecule has 1 aliphatic heterocycles. The SMILES string of the molecule is Cc1ccc(Cl)cc1NC(=O)CN1CCN(Cc2ccc(F)cc2)C(=O)C1=O. The van der Waals surface area contributed by atoms with Crippen molar-refractivity contribution >= 4 is 35.0 Å². The number of carbonyl (C=O) groups is 3. The summed E-state index contributed by atoms with van der Waals surface area (Å²) in [6.07, 6.45) is 0. The first-order valence-electron chi connectivity index (χ1n) is 8.72. The van der Waals surface area contributed by atoms with Crippen molar-refractivity contribution in [2.24, 2.45) is 0 Å². The number of nitrogens with one attached hydrogen (secondary N) is 1. The second-order valence-corrected chi connectivity index (χ2v) is 7.02. The second kappa shape index (κ2) is 8.39. The Morgan fingerprint density at radius 1 is 1.07 bits per heavy atom. The third kappa shape index (κ3) is 4.67. The number of benzene rings is 2. The van der Waals surface area contributed by atoms with E-state index in [1.54, 1.807) is 30.3 Å². The van der Waals surface area contributed by atoms with E-state index in [-0.39, 0.29) is 25.5 Å². The van der Waals surface area contributed by atoms with Gasteiger partial charge in [-0.2, -0.15) is 0 Å². The third-order valence-corrected chi connectivity index (χ3v) is 4.73. The van der Waals surface area contributed by atoms with Crippen molar-refractivity contribution in [2.75, 3.05) is 25.0 Å². The maximum Gasteiger partial charge on any atom is 0.312 e. The lowest BCUT2D eigenvalue weighted by atomic mass is 10.2. The van der Waals surface area contributed by atoms with Gasteiger partial charge in [0.2, 0.25) is 5.91 Å². The van der Waals surface area contributed by atoms with E-state index in [1.807, 2.05) is 6.92 Å². The van der Waals surface area contributed by atoms with Crippen LogP contribution in [0.4, 0.5) is 10.1 Å². The lowest BCUT2D eigenvalue weighted by Gasteiger charge is -2.33. The van der Waals surface area contributed by atoms with Gasteiger partial charge in [0.15, 0.2) is 0 Å². The summed E-state index contributed by atoms with van der Waals surface area (Å²) in [5, 5.41) is 3.20. The van der Waals surface area contributed by atoms with E-state index in [1.165, 1.54) is 21.9 Å². The average Bonchev–Trinajstić information content (AvgIpc) is 2.66. The van der Waals surface area contributed by atoms with Crippen LogP contribution in [0.5, 0.6) is 0 Å². The molecular weight excluding hydrogens is 385 g/mol. The van der Waals surface area contributed by atoms with Crippen molar-refractivity contribution in [3.8, 4) is 0 Å². The topological polar surface area (TPSA) is 69.7 Å². The van der Waals surface area contributed by atoms with Gasteiger partial charge in [0.05, 0.1) is 0 Å². The minimum atomic E-state index is -0.730. The number of amides is 3. The lowest BCUT2D eigenvalue weighted by molar-refractivity contribution is -0.157. The van der Waals surface area contributed by atoms with E-state index in [0.29, 0.717) is 17.3 Å². The third-order valence-electron chi connectivity index (χ3n) is 4.49. The van der Waals surface area contributed by atoms with Crippen molar-refractivity contribution in [1.82, 2.24) is 9.80 Å². The molecule has 1 aliphatic rings. The highest BCUT2D eigenvalue weighted by Crippen LogP contribution is 2.20. The number of nitrogens with zero attached hydrogens (tertiary/aromatic N) is 2. The second-order valence-electron chi connectivity index (χ2n) is 6.59. The molecule has 0 saturated carbocycles. The summed E-state index contributed by atoms with van der Waals surface area (Å²) >= 11 is 5.94. The van der Waals surface area contributed by atoms with E-state index >= 15 is 0 Å². The number of halogens is 2. The molecule has 2 aromatic carbocycles. The van der Waals surface area contributed by atoms with Crippen LogP contribution < -0.4 is 5.32 Å². The molecular formula is C20H19ClFN3O3. The van der Waals surface area contributed by atoms with Crippen molar-refractivity contribution in [3.05, 3.63) is 64.4 Å². The molecule has 1 N–H and O–H groups in total. The zero-order chi connectivity index (χ0) is 20.3. The van der Waals surface area contributed by atoms with Gasteiger partial charge in [-0.15, -0.1) is 0 Å². The van der Waals surface area contributed by atoms with Crippen LogP contribution >= 0.6 is 11.6 Å². The Bertz CT molecular complexity index is 917. The fraction of sp³-hybridized carbons (Fsp3) is 0.250. The van der Waals surface area contributed by atoms with E-state index in [4.69, 9.17) is 11.6 Å².